The lowest BCUT2D eigenvalue weighted by Gasteiger charge is -2.41. The number of piperidine rings is 1. The van der Waals surface area contributed by atoms with Crippen LogP contribution in [0.15, 0.2) is 48.7 Å². The van der Waals surface area contributed by atoms with E-state index in [1.807, 2.05) is 20.9 Å². The lowest BCUT2D eigenvalue weighted by atomic mass is 9.87. The minimum absolute atomic E-state index is 0.0361. The molecule has 7 nitrogen and oxygen atoms in total. The van der Waals surface area contributed by atoms with Crippen molar-refractivity contribution in [2.24, 2.45) is 5.41 Å². The molecule has 33 heavy (non-hydrogen) atoms. The summed E-state index contributed by atoms with van der Waals surface area (Å²) < 4.78 is 47.8. The predicted octanol–water partition coefficient (Wildman–Crippen LogP) is 4.12. The van der Waals surface area contributed by atoms with Gasteiger partial charge in [-0.25, -0.2) is 9.37 Å². The molecule has 2 aliphatic rings. The van der Waals surface area contributed by atoms with E-state index in [9.17, 15) is 5.11 Å². The Bertz CT molecular complexity index is 1290. The van der Waals surface area contributed by atoms with E-state index in [1.165, 1.54) is 18.3 Å². The molecule has 2 aromatic heterocycles. The smallest absolute Gasteiger partial charge is 0.233 e. The Kier molecular flexibility index (Phi) is 4.22. The molecule has 172 valence electrons. The zero-order valence-electron chi connectivity index (χ0n) is 21.6. The molecule has 1 aliphatic heterocycles. The lowest BCUT2D eigenvalue weighted by Crippen LogP contribution is -2.56. The molecule has 1 N–H and O–H groups in total. The van der Waals surface area contributed by atoms with Gasteiger partial charge < -0.3 is 14.6 Å². The number of aromatic hydroxyl groups is 1. The van der Waals surface area contributed by atoms with Crippen molar-refractivity contribution in [1.29, 1.82) is 0 Å². The van der Waals surface area contributed by atoms with Gasteiger partial charge in [-0.15, -0.1) is 10.2 Å². The van der Waals surface area contributed by atoms with Crippen LogP contribution in [0.1, 0.15) is 24.4 Å². The average molecular weight is 454 g/mol. The molecule has 2 bridgehead atoms. The number of benzene rings is 1. The van der Waals surface area contributed by atoms with E-state index in [4.69, 9.17) is 13.6 Å². The van der Waals surface area contributed by atoms with Crippen LogP contribution in [0.2, 0.25) is 0 Å². The lowest BCUT2D eigenvalue weighted by molar-refractivity contribution is -0.0407. The number of methoxy groups -OCH3 is 1. The zero-order valence-corrected chi connectivity index (χ0v) is 18.6. The molecule has 0 unspecified atom stereocenters. The highest BCUT2D eigenvalue weighted by atomic mass is 19.1. The first kappa shape index (κ1) is 18.2. The third kappa shape index (κ3) is 3.49. The highest BCUT2D eigenvalue weighted by Crippen LogP contribution is 2.55. The van der Waals surface area contributed by atoms with Crippen molar-refractivity contribution in [2.45, 2.75) is 38.1 Å². The molecule has 3 heterocycles. The summed E-state index contributed by atoms with van der Waals surface area (Å²) in [5.74, 6) is 0.158. The van der Waals surface area contributed by atoms with Crippen molar-refractivity contribution in [2.75, 3.05) is 20.6 Å². The molecular formula is C25H27FN4O3. The Hall–Kier alpha value is -3.26. The van der Waals surface area contributed by atoms with Crippen molar-refractivity contribution in [1.82, 2.24) is 20.1 Å². The molecule has 8 heteroatoms. The molecule has 1 saturated carbocycles. The van der Waals surface area contributed by atoms with Crippen LogP contribution in [0.3, 0.4) is 0 Å². The number of phenols is 1. The molecule has 0 radical (unpaired) electrons. The van der Waals surface area contributed by atoms with Gasteiger partial charge in [0.25, 0.3) is 0 Å². The van der Waals surface area contributed by atoms with E-state index in [0.29, 0.717) is 22.4 Å². The summed E-state index contributed by atoms with van der Waals surface area (Å²) >= 11 is 0. The summed E-state index contributed by atoms with van der Waals surface area (Å²) in [7, 11) is -0.667. The number of nitrogens with zero attached hydrogens (tertiary/aromatic N) is 4. The number of hydrogen-bond donors (Lipinski definition) is 1. The third-order valence-corrected chi connectivity index (χ3v) is 7.11. The predicted molar refractivity (Wildman–Crippen MR) is 122 cm³/mol. The van der Waals surface area contributed by atoms with Crippen LogP contribution in [0.4, 0.5) is 4.39 Å². The van der Waals surface area contributed by atoms with E-state index in [2.05, 4.69) is 20.1 Å². The first-order chi connectivity index (χ1) is 16.9. The number of rotatable bonds is 5. The van der Waals surface area contributed by atoms with Gasteiger partial charge >= 0.3 is 0 Å². The number of halogens is 1. The largest absolute Gasteiger partial charge is 0.507 e. The molecule has 1 aliphatic carbocycles. The number of ether oxygens (including phenoxy) is 2. The normalized spacial score (nSPS) is 30.5. The van der Waals surface area contributed by atoms with Crippen LogP contribution in [0, 0.1) is 5.41 Å². The number of alkyl halides is 1. The monoisotopic (exact) mass is 453 g/mol. The van der Waals surface area contributed by atoms with Crippen LogP contribution in [-0.2, 0) is 0 Å². The van der Waals surface area contributed by atoms with E-state index in [1.54, 1.807) is 30.3 Å². The molecule has 5 rings (SSSR count). The quantitative estimate of drug-likeness (QED) is 0.622. The van der Waals surface area contributed by atoms with Gasteiger partial charge in [-0.3, -0.25) is 4.90 Å². The standard InChI is InChI=1S/C25H27FN4O3/c1-24-13-25(2,30(3)14-24)22(26)23(24)33-20-8-7-18(28-29-20)17-6-5-15(11-19(17)31)16-9-10-27-21(12-16)32-4/h5-12,22-23,31H,13-14H2,1-4H3/t22-,23+,24-,25-/m1/s1/i4D3. The molecule has 0 spiro atoms. The van der Waals surface area contributed by atoms with Gasteiger partial charge in [-0.1, -0.05) is 13.0 Å². The minimum Gasteiger partial charge on any atom is -0.507 e. The Morgan fingerprint density at radius 3 is 2.61 bits per heavy atom. The minimum atomic E-state index is -2.61. The summed E-state index contributed by atoms with van der Waals surface area (Å²) in [5, 5.41) is 19.0. The Morgan fingerprint density at radius 1 is 1.12 bits per heavy atom. The summed E-state index contributed by atoms with van der Waals surface area (Å²) in [6, 6.07) is 11.4. The van der Waals surface area contributed by atoms with Gasteiger partial charge in [0.2, 0.25) is 11.8 Å². The Labute approximate surface area is 196 Å². The van der Waals surface area contributed by atoms with Gasteiger partial charge in [0, 0.05) is 35.9 Å². The third-order valence-electron chi connectivity index (χ3n) is 7.11. The number of hydrogen-bond acceptors (Lipinski definition) is 7. The van der Waals surface area contributed by atoms with Crippen LogP contribution in [-0.4, -0.2) is 63.6 Å². The van der Waals surface area contributed by atoms with Crippen molar-refractivity contribution < 1.29 is 23.1 Å². The maximum Gasteiger partial charge on any atom is 0.233 e. The molecular weight excluding hydrogens is 423 g/mol. The van der Waals surface area contributed by atoms with E-state index < -0.39 is 24.9 Å². The maximum absolute atomic E-state index is 15.2. The first-order valence-electron chi connectivity index (χ1n) is 12.2. The zero-order chi connectivity index (χ0) is 25.9. The average Bonchev–Trinajstić information content (AvgIpc) is 3.16. The Balaban J connectivity index is 1.33. The van der Waals surface area contributed by atoms with Crippen molar-refractivity contribution in [3.63, 3.8) is 0 Å². The van der Waals surface area contributed by atoms with Gasteiger partial charge in [0.15, 0.2) is 6.17 Å². The summed E-state index contributed by atoms with van der Waals surface area (Å²) in [4.78, 5) is 5.97. The molecule has 0 amide bonds. The highest BCUT2D eigenvalue weighted by molar-refractivity contribution is 5.74. The number of fused-ring (bicyclic) bond motifs is 2. The second-order valence-electron chi connectivity index (χ2n) is 9.46. The van der Waals surface area contributed by atoms with Gasteiger partial charge in [0.05, 0.1) is 22.4 Å². The number of likely N-dealkylation sites (tertiary alicyclic amines) is 1. The first-order valence-corrected chi connectivity index (χ1v) is 10.7. The molecule has 4 atom stereocenters. The highest BCUT2D eigenvalue weighted by Gasteiger charge is 2.66. The Morgan fingerprint density at radius 2 is 1.94 bits per heavy atom. The van der Waals surface area contributed by atoms with Crippen molar-refractivity contribution in [3.8, 4) is 39.9 Å². The van der Waals surface area contributed by atoms with Crippen LogP contribution < -0.4 is 9.47 Å². The van der Waals surface area contributed by atoms with Crippen molar-refractivity contribution >= 4 is 0 Å². The van der Waals surface area contributed by atoms with Crippen LogP contribution in [0.5, 0.6) is 17.5 Å². The van der Waals surface area contributed by atoms with Gasteiger partial charge in [-0.05, 0) is 55.8 Å². The topological polar surface area (TPSA) is 80.6 Å². The number of pyridine rings is 1. The molecule has 1 aromatic carbocycles. The van der Waals surface area contributed by atoms with Crippen molar-refractivity contribution in [3.05, 3.63) is 48.7 Å². The second-order valence-corrected chi connectivity index (χ2v) is 9.46. The van der Waals surface area contributed by atoms with E-state index >= 15 is 4.39 Å². The molecule has 3 aromatic rings. The fourth-order valence-electron chi connectivity index (χ4n) is 5.34. The summed E-state index contributed by atoms with van der Waals surface area (Å²) in [6.45, 7) is 4.73. The van der Waals surface area contributed by atoms with Gasteiger partial charge in [-0.2, -0.15) is 0 Å². The van der Waals surface area contributed by atoms with E-state index in [0.717, 1.165) is 13.0 Å². The number of aromatic nitrogens is 3. The number of phenolic OH excluding ortho intramolecular Hbond substituents is 1. The van der Waals surface area contributed by atoms with Gasteiger partial charge in [0.1, 0.15) is 11.9 Å². The fourth-order valence-corrected chi connectivity index (χ4v) is 5.34. The SMILES string of the molecule is [2H]C([2H])([2H])Oc1cc(-c2ccc(-c3ccc(O[C@H]4[C@@H](F)[C@@]5(C)C[C@]4(C)CN5C)nn3)c(O)c2)ccn1. The maximum atomic E-state index is 15.2. The molecule has 2 fully saturated rings. The fraction of sp³-hybridized carbons (Fsp3) is 0.400. The summed E-state index contributed by atoms with van der Waals surface area (Å²) in [5.41, 5.74) is 1.29. The second kappa shape index (κ2) is 7.66. The molecule has 1 saturated heterocycles. The summed E-state index contributed by atoms with van der Waals surface area (Å²) in [6.07, 6.45) is 0.405. The van der Waals surface area contributed by atoms with Crippen LogP contribution in [0.25, 0.3) is 22.4 Å². The van der Waals surface area contributed by atoms with Crippen LogP contribution >= 0.6 is 0 Å². The van der Waals surface area contributed by atoms with E-state index in [-0.39, 0.29) is 22.9 Å².